The SMILES string of the molecule is CC(=O)c1cc(F)cc2c1O[C@H](COS(C)(=O)=O)CO2. The van der Waals surface area contributed by atoms with E-state index in [-0.39, 0.29) is 36.1 Å². The highest BCUT2D eigenvalue weighted by molar-refractivity contribution is 7.85. The number of Topliss-reactive ketones (excluding diaryl/α,β-unsaturated/α-hetero) is 1. The van der Waals surface area contributed by atoms with E-state index in [1.165, 1.54) is 6.92 Å². The van der Waals surface area contributed by atoms with E-state index in [4.69, 9.17) is 9.47 Å². The fourth-order valence-corrected chi connectivity index (χ4v) is 2.12. The van der Waals surface area contributed by atoms with Crippen molar-refractivity contribution in [2.24, 2.45) is 0 Å². The quantitative estimate of drug-likeness (QED) is 0.613. The van der Waals surface area contributed by atoms with Gasteiger partial charge in [0.2, 0.25) is 0 Å². The number of rotatable bonds is 4. The van der Waals surface area contributed by atoms with Crippen molar-refractivity contribution in [2.45, 2.75) is 13.0 Å². The molecule has 1 heterocycles. The van der Waals surface area contributed by atoms with Gasteiger partial charge in [-0.3, -0.25) is 8.98 Å². The second kappa shape index (κ2) is 5.37. The van der Waals surface area contributed by atoms with Gasteiger partial charge < -0.3 is 9.47 Å². The van der Waals surface area contributed by atoms with E-state index in [1.807, 2.05) is 0 Å². The molecule has 0 unspecified atom stereocenters. The van der Waals surface area contributed by atoms with Crippen LogP contribution in [0.3, 0.4) is 0 Å². The highest BCUT2D eigenvalue weighted by atomic mass is 32.2. The first-order valence-electron chi connectivity index (χ1n) is 5.74. The van der Waals surface area contributed by atoms with Gasteiger partial charge in [0.25, 0.3) is 10.1 Å². The molecule has 1 aliphatic rings. The van der Waals surface area contributed by atoms with Gasteiger partial charge in [0.1, 0.15) is 19.0 Å². The van der Waals surface area contributed by atoms with Crippen molar-refractivity contribution < 1.29 is 31.3 Å². The van der Waals surface area contributed by atoms with Crippen LogP contribution >= 0.6 is 0 Å². The van der Waals surface area contributed by atoms with Crippen LogP contribution < -0.4 is 9.47 Å². The van der Waals surface area contributed by atoms with Crippen LogP contribution in [-0.2, 0) is 14.3 Å². The molecule has 0 saturated heterocycles. The summed E-state index contributed by atoms with van der Waals surface area (Å²) in [6.07, 6.45) is 0.224. The largest absolute Gasteiger partial charge is 0.486 e. The minimum absolute atomic E-state index is 0.00329. The zero-order valence-electron chi connectivity index (χ0n) is 10.9. The Morgan fingerprint density at radius 1 is 1.50 bits per heavy atom. The number of benzene rings is 1. The van der Waals surface area contributed by atoms with Crippen LogP contribution in [-0.4, -0.2) is 39.8 Å². The summed E-state index contributed by atoms with van der Waals surface area (Å²) in [6.45, 7) is 1.03. The Kier molecular flexibility index (Phi) is 3.96. The van der Waals surface area contributed by atoms with Gasteiger partial charge in [-0.05, 0) is 13.0 Å². The maximum Gasteiger partial charge on any atom is 0.264 e. The van der Waals surface area contributed by atoms with E-state index < -0.39 is 22.0 Å². The summed E-state index contributed by atoms with van der Waals surface area (Å²) in [5, 5.41) is 0. The Hall–Kier alpha value is -1.67. The molecule has 0 aromatic heterocycles. The smallest absolute Gasteiger partial charge is 0.264 e. The van der Waals surface area contributed by atoms with Crippen LogP contribution in [0.4, 0.5) is 4.39 Å². The van der Waals surface area contributed by atoms with E-state index in [9.17, 15) is 17.6 Å². The number of fused-ring (bicyclic) bond motifs is 1. The van der Waals surface area contributed by atoms with Gasteiger partial charge >= 0.3 is 0 Å². The lowest BCUT2D eigenvalue weighted by molar-refractivity contribution is 0.0539. The molecular weight excluding hydrogens is 291 g/mol. The number of hydrogen-bond acceptors (Lipinski definition) is 6. The number of hydrogen-bond donors (Lipinski definition) is 0. The highest BCUT2D eigenvalue weighted by Gasteiger charge is 2.27. The molecule has 0 aliphatic carbocycles. The van der Waals surface area contributed by atoms with Crippen LogP contribution in [0.25, 0.3) is 0 Å². The van der Waals surface area contributed by atoms with Crippen LogP contribution in [0.1, 0.15) is 17.3 Å². The molecule has 1 aromatic carbocycles. The van der Waals surface area contributed by atoms with Crippen molar-refractivity contribution in [3.05, 3.63) is 23.5 Å². The number of carbonyl (C=O) groups is 1. The van der Waals surface area contributed by atoms with Gasteiger partial charge in [0, 0.05) is 6.07 Å². The van der Waals surface area contributed by atoms with Crippen molar-refractivity contribution in [1.82, 2.24) is 0 Å². The number of halogens is 1. The molecule has 0 radical (unpaired) electrons. The normalized spacial score (nSPS) is 17.9. The summed E-state index contributed by atoms with van der Waals surface area (Å²) in [4.78, 5) is 11.5. The van der Waals surface area contributed by atoms with Crippen LogP contribution in [0.5, 0.6) is 11.5 Å². The summed E-state index contributed by atoms with van der Waals surface area (Å²) in [5.41, 5.74) is 0.0454. The lowest BCUT2D eigenvalue weighted by Crippen LogP contribution is -2.34. The van der Waals surface area contributed by atoms with Crippen LogP contribution in [0.2, 0.25) is 0 Å². The Morgan fingerprint density at radius 3 is 2.80 bits per heavy atom. The van der Waals surface area contributed by atoms with E-state index in [2.05, 4.69) is 4.18 Å². The summed E-state index contributed by atoms with van der Waals surface area (Å²) in [6, 6.07) is 2.15. The first-order chi connectivity index (χ1) is 9.26. The van der Waals surface area contributed by atoms with Crippen molar-refractivity contribution in [2.75, 3.05) is 19.5 Å². The minimum atomic E-state index is -3.60. The van der Waals surface area contributed by atoms with Gasteiger partial charge in [-0.15, -0.1) is 0 Å². The molecule has 20 heavy (non-hydrogen) atoms. The first kappa shape index (κ1) is 14.7. The van der Waals surface area contributed by atoms with Crippen molar-refractivity contribution in [1.29, 1.82) is 0 Å². The van der Waals surface area contributed by atoms with E-state index >= 15 is 0 Å². The summed E-state index contributed by atoms with van der Waals surface area (Å²) in [7, 11) is -3.60. The maximum absolute atomic E-state index is 13.3. The van der Waals surface area contributed by atoms with Crippen molar-refractivity contribution in [3.63, 3.8) is 0 Å². The summed E-state index contributed by atoms with van der Waals surface area (Å²) in [5.74, 6) is -0.768. The summed E-state index contributed by atoms with van der Waals surface area (Å²) >= 11 is 0. The van der Waals surface area contributed by atoms with Gasteiger partial charge in [0.15, 0.2) is 23.4 Å². The Balaban J connectivity index is 2.22. The fourth-order valence-electron chi connectivity index (χ4n) is 1.72. The molecular formula is C12H13FO6S. The highest BCUT2D eigenvalue weighted by Crippen LogP contribution is 2.36. The van der Waals surface area contributed by atoms with E-state index in [0.29, 0.717) is 0 Å². The van der Waals surface area contributed by atoms with Gasteiger partial charge in [-0.2, -0.15) is 8.42 Å². The predicted molar refractivity (Wildman–Crippen MR) is 67.1 cm³/mol. The molecule has 2 rings (SSSR count). The standard InChI is InChI=1S/C12H13FO6S/c1-7(14)10-3-8(13)4-11-12(10)19-9(5-17-11)6-18-20(2,15)16/h3-4,9H,5-6H2,1-2H3/t9-/m0/s1. The monoisotopic (exact) mass is 304 g/mol. The molecule has 0 saturated carbocycles. The topological polar surface area (TPSA) is 78.9 Å². The van der Waals surface area contributed by atoms with Gasteiger partial charge in [0.05, 0.1) is 11.8 Å². The number of ether oxygens (including phenoxy) is 2. The average Bonchev–Trinajstić information content (AvgIpc) is 2.34. The second-order valence-corrected chi connectivity index (χ2v) is 6.02. The third kappa shape index (κ3) is 3.45. The van der Waals surface area contributed by atoms with E-state index in [1.54, 1.807) is 0 Å². The molecule has 1 atom stereocenters. The predicted octanol–water partition coefficient (Wildman–Crippen LogP) is 1.14. The molecule has 0 spiro atoms. The first-order valence-corrected chi connectivity index (χ1v) is 7.56. The molecule has 0 bridgehead atoms. The number of carbonyl (C=O) groups excluding carboxylic acids is 1. The van der Waals surface area contributed by atoms with Gasteiger partial charge in [-0.1, -0.05) is 0 Å². The van der Waals surface area contributed by atoms with Crippen molar-refractivity contribution >= 4 is 15.9 Å². The van der Waals surface area contributed by atoms with Gasteiger partial charge in [-0.25, -0.2) is 4.39 Å². The Bertz CT molecular complexity index is 640. The van der Waals surface area contributed by atoms with Crippen molar-refractivity contribution in [3.8, 4) is 11.5 Å². The third-order valence-corrected chi connectivity index (χ3v) is 3.14. The summed E-state index contributed by atoms with van der Waals surface area (Å²) < 4.78 is 50.5. The van der Waals surface area contributed by atoms with Crippen LogP contribution in [0.15, 0.2) is 12.1 Å². The molecule has 1 aliphatic heterocycles. The zero-order chi connectivity index (χ0) is 14.9. The molecule has 110 valence electrons. The average molecular weight is 304 g/mol. The Labute approximate surface area is 115 Å². The molecule has 0 N–H and O–H groups in total. The molecule has 8 heteroatoms. The molecule has 6 nitrogen and oxygen atoms in total. The lowest BCUT2D eigenvalue weighted by atomic mass is 10.1. The molecule has 1 aromatic rings. The Morgan fingerprint density at radius 2 is 2.20 bits per heavy atom. The zero-order valence-corrected chi connectivity index (χ0v) is 11.7. The number of ketones is 1. The molecule has 0 amide bonds. The third-order valence-electron chi connectivity index (χ3n) is 2.58. The molecule has 0 fully saturated rings. The maximum atomic E-state index is 13.3. The lowest BCUT2D eigenvalue weighted by Gasteiger charge is -2.27. The van der Waals surface area contributed by atoms with Crippen LogP contribution in [0, 0.1) is 5.82 Å². The van der Waals surface area contributed by atoms with E-state index in [0.717, 1.165) is 18.4 Å². The fraction of sp³-hybridized carbons (Fsp3) is 0.417. The second-order valence-electron chi connectivity index (χ2n) is 4.38. The minimum Gasteiger partial charge on any atom is -0.486 e.